The molecule has 7 heteroatoms. The molecule has 1 aromatic heterocycles. The number of aromatic nitrogens is 1. The van der Waals surface area contributed by atoms with Gasteiger partial charge in [-0.1, -0.05) is 0 Å². The van der Waals surface area contributed by atoms with Crippen molar-refractivity contribution in [2.24, 2.45) is 0 Å². The molecule has 1 aliphatic rings. The number of hydrogen-bond acceptors (Lipinski definition) is 6. The predicted octanol–water partition coefficient (Wildman–Crippen LogP) is 2.27. The molecule has 0 bridgehead atoms. The van der Waals surface area contributed by atoms with Crippen LogP contribution in [-0.2, 0) is 0 Å². The van der Waals surface area contributed by atoms with Crippen molar-refractivity contribution in [2.45, 2.75) is 19.9 Å². The zero-order valence-corrected chi connectivity index (χ0v) is 12.2. The van der Waals surface area contributed by atoms with Crippen molar-refractivity contribution in [1.29, 1.82) is 0 Å². The number of nitrogens with zero attached hydrogens (tertiary/aromatic N) is 4. The molecule has 0 spiro atoms. The van der Waals surface area contributed by atoms with Gasteiger partial charge in [0.1, 0.15) is 5.52 Å². The van der Waals surface area contributed by atoms with Crippen molar-refractivity contribution in [2.75, 3.05) is 31.1 Å². The minimum absolute atomic E-state index is 0.0230. The van der Waals surface area contributed by atoms with Gasteiger partial charge >= 0.3 is 0 Å². The molecule has 7 nitrogen and oxygen atoms in total. The monoisotopic (exact) mass is 290 g/mol. The van der Waals surface area contributed by atoms with Crippen LogP contribution in [0.2, 0.25) is 0 Å². The molecule has 1 aromatic carbocycles. The molecule has 1 aliphatic heterocycles. The Hall–Kier alpha value is -2.15. The average Bonchev–Trinajstić information content (AvgIpc) is 2.90. The SMILES string of the molecule is CC(C)N1CCN(c2nc3ccc([N+](=O)[O-])cc3o2)CC1. The van der Waals surface area contributed by atoms with Gasteiger partial charge in [0, 0.05) is 38.3 Å². The first-order valence-corrected chi connectivity index (χ1v) is 7.08. The maximum Gasteiger partial charge on any atom is 0.298 e. The van der Waals surface area contributed by atoms with Gasteiger partial charge in [-0.25, -0.2) is 0 Å². The lowest BCUT2D eigenvalue weighted by atomic mass is 10.2. The third kappa shape index (κ3) is 2.69. The Morgan fingerprint density at radius 1 is 1.29 bits per heavy atom. The topological polar surface area (TPSA) is 75.7 Å². The highest BCUT2D eigenvalue weighted by atomic mass is 16.6. The highest BCUT2D eigenvalue weighted by Crippen LogP contribution is 2.26. The van der Waals surface area contributed by atoms with Gasteiger partial charge in [-0.2, -0.15) is 4.98 Å². The predicted molar refractivity (Wildman–Crippen MR) is 79.6 cm³/mol. The van der Waals surface area contributed by atoms with Crippen LogP contribution in [0.5, 0.6) is 0 Å². The van der Waals surface area contributed by atoms with Gasteiger partial charge in [0.15, 0.2) is 5.58 Å². The second kappa shape index (κ2) is 5.33. The summed E-state index contributed by atoms with van der Waals surface area (Å²) in [6.45, 7) is 8.02. The van der Waals surface area contributed by atoms with Gasteiger partial charge < -0.3 is 9.32 Å². The first-order valence-electron chi connectivity index (χ1n) is 7.08. The molecular weight excluding hydrogens is 272 g/mol. The van der Waals surface area contributed by atoms with Crippen LogP contribution in [0.25, 0.3) is 11.1 Å². The largest absolute Gasteiger partial charge is 0.423 e. The highest BCUT2D eigenvalue weighted by Gasteiger charge is 2.22. The van der Waals surface area contributed by atoms with Crippen molar-refractivity contribution in [1.82, 2.24) is 9.88 Å². The van der Waals surface area contributed by atoms with Crippen LogP contribution in [0, 0.1) is 10.1 Å². The Morgan fingerprint density at radius 2 is 2.00 bits per heavy atom. The maximum absolute atomic E-state index is 10.8. The zero-order chi connectivity index (χ0) is 15.0. The van der Waals surface area contributed by atoms with E-state index < -0.39 is 4.92 Å². The van der Waals surface area contributed by atoms with Crippen molar-refractivity contribution in [3.05, 3.63) is 28.3 Å². The quantitative estimate of drug-likeness (QED) is 0.637. The minimum Gasteiger partial charge on any atom is -0.423 e. The number of piperazine rings is 1. The molecule has 21 heavy (non-hydrogen) atoms. The van der Waals surface area contributed by atoms with Crippen LogP contribution in [-0.4, -0.2) is 47.0 Å². The minimum atomic E-state index is -0.428. The van der Waals surface area contributed by atoms with E-state index in [1.165, 1.54) is 12.1 Å². The third-order valence-corrected chi connectivity index (χ3v) is 3.89. The van der Waals surface area contributed by atoms with E-state index in [0.717, 1.165) is 26.2 Å². The van der Waals surface area contributed by atoms with E-state index in [2.05, 4.69) is 28.6 Å². The number of non-ortho nitro benzene ring substituents is 1. The van der Waals surface area contributed by atoms with E-state index in [4.69, 9.17) is 4.42 Å². The zero-order valence-electron chi connectivity index (χ0n) is 12.2. The summed E-state index contributed by atoms with van der Waals surface area (Å²) in [6.07, 6.45) is 0. The average molecular weight is 290 g/mol. The van der Waals surface area contributed by atoms with Crippen molar-refractivity contribution in [3.63, 3.8) is 0 Å². The number of oxazole rings is 1. The van der Waals surface area contributed by atoms with E-state index in [9.17, 15) is 10.1 Å². The molecule has 0 unspecified atom stereocenters. The molecule has 0 aliphatic carbocycles. The molecule has 0 amide bonds. The van der Waals surface area contributed by atoms with Gasteiger partial charge in [-0.15, -0.1) is 0 Å². The maximum atomic E-state index is 10.8. The molecule has 1 fully saturated rings. The van der Waals surface area contributed by atoms with Crippen molar-refractivity contribution in [3.8, 4) is 0 Å². The Labute approximate surface area is 122 Å². The smallest absolute Gasteiger partial charge is 0.298 e. The van der Waals surface area contributed by atoms with Gasteiger partial charge in [0.05, 0.1) is 11.0 Å². The Bertz CT molecular complexity index is 659. The van der Waals surface area contributed by atoms with Crippen LogP contribution >= 0.6 is 0 Å². The van der Waals surface area contributed by atoms with E-state index >= 15 is 0 Å². The summed E-state index contributed by atoms with van der Waals surface area (Å²) in [5.74, 6) is 0. The number of rotatable bonds is 3. The van der Waals surface area contributed by atoms with Crippen LogP contribution in [0.3, 0.4) is 0 Å². The van der Waals surface area contributed by atoms with Crippen LogP contribution in [0.1, 0.15) is 13.8 Å². The van der Waals surface area contributed by atoms with Crippen LogP contribution in [0.15, 0.2) is 22.6 Å². The van der Waals surface area contributed by atoms with Gasteiger partial charge in [0.2, 0.25) is 0 Å². The van der Waals surface area contributed by atoms with Gasteiger partial charge in [-0.3, -0.25) is 15.0 Å². The second-order valence-electron chi connectivity index (χ2n) is 5.52. The Balaban J connectivity index is 1.80. The van der Waals surface area contributed by atoms with Gasteiger partial charge in [0.25, 0.3) is 11.7 Å². The lowest BCUT2D eigenvalue weighted by molar-refractivity contribution is -0.384. The second-order valence-corrected chi connectivity index (χ2v) is 5.52. The van der Waals surface area contributed by atoms with Crippen LogP contribution < -0.4 is 4.90 Å². The van der Waals surface area contributed by atoms with E-state index in [1.54, 1.807) is 6.07 Å². The fourth-order valence-electron chi connectivity index (χ4n) is 2.58. The number of fused-ring (bicyclic) bond motifs is 1. The van der Waals surface area contributed by atoms with Crippen LogP contribution in [0.4, 0.5) is 11.7 Å². The summed E-state index contributed by atoms with van der Waals surface area (Å²) in [7, 11) is 0. The molecule has 2 aromatic rings. The number of benzene rings is 1. The summed E-state index contributed by atoms with van der Waals surface area (Å²) >= 11 is 0. The van der Waals surface area contributed by atoms with Crippen molar-refractivity contribution < 1.29 is 9.34 Å². The third-order valence-electron chi connectivity index (χ3n) is 3.89. The first-order chi connectivity index (χ1) is 10.0. The molecular formula is C14H18N4O3. The Morgan fingerprint density at radius 3 is 2.62 bits per heavy atom. The molecule has 1 saturated heterocycles. The van der Waals surface area contributed by atoms with Gasteiger partial charge in [-0.05, 0) is 19.9 Å². The number of anilines is 1. The summed E-state index contributed by atoms with van der Waals surface area (Å²) < 4.78 is 5.69. The molecule has 2 heterocycles. The lowest BCUT2D eigenvalue weighted by Crippen LogP contribution is -2.49. The summed E-state index contributed by atoms with van der Waals surface area (Å²) in [5.41, 5.74) is 1.14. The highest BCUT2D eigenvalue weighted by molar-refractivity contribution is 5.77. The number of hydrogen-bond donors (Lipinski definition) is 0. The summed E-state index contributed by atoms with van der Waals surface area (Å²) in [6, 6.07) is 5.60. The van der Waals surface area contributed by atoms with E-state index in [-0.39, 0.29) is 5.69 Å². The molecule has 3 rings (SSSR count). The van der Waals surface area contributed by atoms with E-state index in [0.29, 0.717) is 23.2 Å². The molecule has 112 valence electrons. The first kappa shape index (κ1) is 13.8. The van der Waals surface area contributed by atoms with Crippen molar-refractivity contribution >= 4 is 22.8 Å². The summed E-state index contributed by atoms with van der Waals surface area (Å²) in [5, 5.41) is 10.8. The fraction of sp³-hybridized carbons (Fsp3) is 0.500. The molecule has 0 radical (unpaired) electrons. The molecule has 0 N–H and O–H groups in total. The number of nitro groups is 1. The number of nitro benzene ring substituents is 1. The normalized spacial score (nSPS) is 16.8. The standard InChI is InChI=1S/C14H18N4O3/c1-10(2)16-5-7-17(8-6-16)14-15-12-4-3-11(18(19)20)9-13(12)21-14/h3-4,9-10H,5-8H2,1-2H3. The molecule has 0 saturated carbocycles. The Kier molecular flexibility index (Phi) is 3.50. The summed E-state index contributed by atoms with van der Waals surface area (Å²) in [4.78, 5) is 19.3. The molecule has 0 atom stereocenters. The lowest BCUT2D eigenvalue weighted by Gasteiger charge is -2.36. The van der Waals surface area contributed by atoms with E-state index in [1.807, 2.05) is 0 Å². The fourth-order valence-corrected chi connectivity index (χ4v) is 2.58.